The fourth-order valence-corrected chi connectivity index (χ4v) is 4.55. The Bertz CT molecular complexity index is 576. The van der Waals surface area contributed by atoms with Crippen molar-refractivity contribution in [1.82, 2.24) is 10.4 Å². The molecular weight excluding hydrogens is 278 g/mol. The van der Waals surface area contributed by atoms with Crippen LogP contribution in [-0.2, 0) is 0 Å². The number of hydrogen-bond acceptors (Lipinski definition) is 4. The zero-order valence-corrected chi connectivity index (χ0v) is 13.1. The third-order valence-electron chi connectivity index (χ3n) is 4.34. The second-order valence-electron chi connectivity index (χ2n) is 5.76. The number of nitrogens with two attached hydrogens (primary N) is 1. The summed E-state index contributed by atoms with van der Waals surface area (Å²) in [5, 5.41) is 3.24. The Morgan fingerprint density at radius 3 is 2.90 bits per heavy atom. The van der Waals surface area contributed by atoms with Crippen molar-refractivity contribution in [3.05, 3.63) is 42.2 Å². The van der Waals surface area contributed by atoms with Crippen molar-refractivity contribution in [2.24, 2.45) is 5.84 Å². The molecule has 3 nitrogen and oxygen atoms in total. The summed E-state index contributed by atoms with van der Waals surface area (Å²) in [5.74, 6) is 6.86. The molecule has 1 atom stereocenters. The highest BCUT2D eigenvalue weighted by Gasteiger charge is 2.18. The Kier molecular flexibility index (Phi) is 5.12. The van der Waals surface area contributed by atoms with Crippen LogP contribution in [0.5, 0.6) is 0 Å². The minimum Gasteiger partial charge on any atom is -0.271 e. The summed E-state index contributed by atoms with van der Waals surface area (Å²) in [5.41, 5.74) is 4.29. The SMILES string of the molecule is NNC(CSC1CCCCC1)c1cccc2cnccc12. The Hall–Kier alpha value is -1.10. The van der Waals surface area contributed by atoms with Gasteiger partial charge < -0.3 is 0 Å². The zero-order chi connectivity index (χ0) is 14.5. The van der Waals surface area contributed by atoms with E-state index in [1.54, 1.807) is 0 Å². The maximum absolute atomic E-state index is 5.83. The number of nitrogens with one attached hydrogen (secondary N) is 1. The van der Waals surface area contributed by atoms with Crippen LogP contribution in [0.3, 0.4) is 0 Å². The average Bonchev–Trinajstić information content (AvgIpc) is 2.56. The standard InChI is InChI=1S/C17H23N3S/c18-20-17(12-21-14-6-2-1-3-7-14)16-8-4-5-13-11-19-10-9-15(13)16/h4-5,8-11,14,17,20H,1-3,6-7,12,18H2. The minimum atomic E-state index is 0.197. The van der Waals surface area contributed by atoms with Crippen molar-refractivity contribution in [1.29, 1.82) is 0 Å². The topological polar surface area (TPSA) is 50.9 Å². The van der Waals surface area contributed by atoms with E-state index in [1.165, 1.54) is 48.4 Å². The van der Waals surface area contributed by atoms with Gasteiger partial charge in [-0.25, -0.2) is 0 Å². The molecule has 0 amide bonds. The van der Waals surface area contributed by atoms with Gasteiger partial charge >= 0.3 is 0 Å². The van der Waals surface area contributed by atoms with Crippen molar-refractivity contribution < 1.29 is 0 Å². The molecule has 3 rings (SSSR count). The van der Waals surface area contributed by atoms with Gasteiger partial charge in [0.05, 0.1) is 6.04 Å². The first-order valence-corrected chi connectivity index (χ1v) is 8.84. The summed E-state index contributed by atoms with van der Waals surface area (Å²) in [6, 6.07) is 8.65. The van der Waals surface area contributed by atoms with Gasteiger partial charge in [-0.2, -0.15) is 11.8 Å². The maximum atomic E-state index is 5.83. The summed E-state index contributed by atoms with van der Waals surface area (Å²) in [7, 11) is 0. The summed E-state index contributed by atoms with van der Waals surface area (Å²) in [6.45, 7) is 0. The van der Waals surface area contributed by atoms with E-state index in [4.69, 9.17) is 5.84 Å². The van der Waals surface area contributed by atoms with E-state index in [9.17, 15) is 0 Å². The summed E-state index contributed by atoms with van der Waals surface area (Å²) in [4.78, 5) is 4.20. The minimum absolute atomic E-state index is 0.197. The lowest BCUT2D eigenvalue weighted by atomic mass is 10.0. The predicted octanol–water partition coefficient (Wildman–Crippen LogP) is 3.81. The highest BCUT2D eigenvalue weighted by Crippen LogP contribution is 2.32. The van der Waals surface area contributed by atoms with Crippen LogP contribution in [0.2, 0.25) is 0 Å². The van der Waals surface area contributed by atoms with Crippen LogP contribution >= 0.6 is 11.8 Å². The number of hydrogen-bond donors (Lipinski definition) is 2. The van der Waals surface area contributed by atoms with Crippen molar-refractivity contribution in [2.75, 3.05) is 5.75 Å². The van der Waals surface area contributed by atoms with Crippen LogP contribution in [-0.4, -0.2) is 16.0 Å². The van der Waals surface area contributed by atoms with Gasteiger partial charge in [-0.05, 0) is 29.9 Å². The van der Waals surface area contributed by atoms with Crippen molar-refractivity contribution in [3.8, 4) is 0 Å². The van der Waals surface area contributed by atoms with E-state index in [0.29, 0.717) is 0 Å². The van der Waals surface area contributed by atoms with Crippen LogP contribution in [0.25, 0.3) is 10.8 Å². The van der Waals surface area contributed by atoms with E-state index >= 15 is 0 Å². The Labute approximate surface area is 130 Å². The lowest BCUT2D eigenvalue weighted by molar-refractivity contribution is 0.514. The molecule has 0 radical (unpaired) electrons. The molecule has 0 aliphatic heterocycles. The Morgan fingerprint density at radius 2 is 2.10 bits per heavy atom. The molecule has 0 saturated heterocycles. The van der Waals surface area contributed by atoms with E-state index < -0.39 is 0 Å². The van der Waals surface area contributed by atoms with Crippen LogP contribution in [0.1, 0.15) is 43.7 Å². The van der Waals surface area contributed by atoms with Crippen molar-refractivity contribution in [2.45, 2.75) is 43.4 Å². The van der Waals surface area contributed by atoms with Crippen molar-refractivity contribution in [3.63, 3.8) is 0 Å². The Morgan fingerprint density at radius 1 is 1.24 bits per heavy atom. The van der Waals surface area contributed by atoms with Crippen LogP contribution in [0, 0.1) is 0 Å². The molecule has 112 valence electrons. The van der Waals surface area contributed by atoms with Crippen LogP contribution in [0.15, 0.2) is 36.7 Å². The lowest BCUT2D eigenvalue weighted by Gasteiger charge is -2.24. The van der Waals surface area contributed by atoms with Gasteiger partial charge in [0.15, 0.2) is 0 Å². The van der Waals surface area contributed by atoms with Crippen LogP contribution < -0.4 is 11.3 Å². The van der Waals surface area contributed by atoms with Crippen LogP contribution in [0.4, 0.5) is 0 Å². The molecule has 3 N–H and O–H groups in total. The van der Waals surface area contributed by atoms with Crippen molar-refractivity contribution >= 4 is 22.5 Å². The molecule has 1 saturated carbocycles. The molecule has 1 aliphatic carbocycles. The van der Waals surface area contributed by atoms with Gasteiger partial charge in [-0.15, -0.1) is 0 Å². The molecule has 2 aromatic rings. The molecule has 1 unspecified atom stereocenters. The number of nitrogens with zero attached hydrogens (tertiary/aromatic N) is 1. The van der Waals surface area contributed by atoms with E-state index in [2.05, 4.69) is 46.4 Å². The van der Waals surface area contributed by atoms with E-state index in [-0.39, 0.29) is 6.04 Å². The van der Waals surface area contributed by atoms with Gasteiger partial charge in [0.25, 0.3) is 0 Å². The molecule has 1 aromatic heterocycles. The second-order valence-corrected chi connectivity index (χ2v) is 7.09. The average molecular weight is 301 g/mol. The number of hydrazine groups is 1. The monoisotopic (exact) mass is 301 g/mol. The third-order valence-corrected chi connectivity index (χ3v) is 5.81. The molecule has 4 heteroatoms. The molecule has 21 heavy (non-hydrogen) atoms. The quantitative estimate of drug-likeness (QED) is 0.651. The van der Waals surface area contributed by atoms with E-state index in [0.717, 1.165) is 11.0 Å². The normalized spacial score (nSPS) is 18.0. The molecule has 1 aromatic carbocycles. The molecule has 1 heterocycles. The fraction of sp³-hybridized carbons (Fsp3) is 0.471. The molecular formula is C17H23N3S. The highest BCUT2D eigenvalue weighted by molar-refractivity contribution is 7.99. The molecule has 0 spiro atoms. The Balaban J connectivity index is 1.75. The number of benzene rings is 1. The largest absolute Gasteiger partial charge is 0.271 e. The number of aromatic nitrogens is 1. The van der Waals surface area contributed by atoms with Gasteiger partial charge in [0.2, 0.25) is 0 Å². The zero-order valence-electron chi connectivity index (χ0n) is 12.3. The first-order valence-electron chi connectivity index (χ1n) is 7.79. The molecule has 1 aliphatic rings. The first kappa shape index (κ1) is 14.8. The van der Waals surface area contributed by atoms with Gasteiger partial charge in [0.1, 0.15) is 0 Å². The fourth-order valence-electron chi connectivity index (χ4n) is 3.14. The molecule has 1 fully saturated rings. The predicted molar refractivity (Wildman–Crippen MR) is 91.1 cm³/mol. The van der Waals surface area contributed by atoms with E-state index in [1.807, 2.05) is 12.4 Å². The highest BCUT2D eigenvalue weighted by atomic mass is 32.2. The maximum Gasteiger partial charge on any atom is 0.0556 e. The summed E-state index contributed by atoms with van der Waals surface area (Å²) in [6.07, 6.45) is 10.7. The second kappa shape index (κ2) is 7.25. The van der Waals surface area contributed by atoms with Gasteiger partial charge in [-0.3, -0.25) is 16.3 Å². The first-order chi connectivity index (χ1) is 10.4. The number of thioether (sulfide) groups is 1. The van der Waals surface area contributed by atoms with Gasteiger partial charge in [0, 0.05) is 28.8 Å². The number of rotatable bonds is 5. The number of pyridine rings is 1. The lowest BCUT2D eigenvalue weighted by Crippen LogP contribution is -2.30. The number of fused-ring (bicyclic) bond motifs is 1. The molecule has 0 bridgehead atoms. The smallest absolute Gasteiger partial charge is 0.0556 e. The third kappa shape index (κ3) is 3.57. The summed E-state index contributed by atoms with van der Waals surface area (Å²) < 4.78 is 0. The summed E-state index contributed by atoms with van der Waals surface area (Å²) >= 11 is 2.08. The van der Waals surface area contributed by atoms with Gasteiger partial charge in [-0.1, -0.05) is 37.5 Å².